The molecule has 1 heterocycles. The highest BCUT2D eigenvalue weighted by molar-refractivity contribution is 7.80. The van der Waals surface area contributed by atoms with Crippen LogP contribution in [0.2, 0.25) is 0 Å². The molecular weight excluding hydrogens is 210 g/mol. The van der Waals surface area contributed by atoms with E-state index in [0.717, 1.165) is 11.0 Å². The maximum absolute atomic E-state index is 5.22. The predicted molar refractivity (Wildman–Crippen MR) is 61.7 cm³/mol. The van der Waals surface area contributed by atoms with Crippen LogP contribution >= 0.6 is 12.2 Å². The van der Waals surface area contributed by atoms with E-state index in [4.69, 9.17) is 17.0 Å². The van der Waals surface area contributed by atoms with Gasteiger partial charge in [0, 0.05) is 0 Å². The molecule has 2 aromatic rings. The van der Waals surface area contributed by atoms with E-state index in [-0.39, 0.29) is 5.17 Å². The fourth-order valence-corrected chi connectivity index (χ4v) is 1.40. The van der Waals surface area contributed by atoms with Crippen molar-refractivity contribution in [1.29, 1.82) is 0 Å². The van der Waals surface area contributed by atoms with E-state index >= 15 is 0 Å². The highest BCUT2D eigenvalue weighted by atomic mass is 32.1. The fourth-order valence-electron chi connectivity index (χ4n) is 1.20. The summed E-state index contributed by atoms with van der Waals surface area (Å²) in [4.78, 5) is 0. The summed E-state index contributed by atoms with van der Waals surface area (Å²) in [5, 5.41) is 8.16. The van der Waals surface area contributed by atoms with E-state index in [2.05, 4.69) is 16.9 Å². The highest BCUT2D eigenvalue weighted by Gasteiger charge is 2.07. The number of hydrogen-bond donors (Lipinski definition) is 0. The number of benzene rings is 1. The molecule has 5 heteroatoms. The van der Waals surface area contributed by atoms with Gasteiger partial charge in [0.15, 0.2) is 0 Å². The molecule has 0 aliphatic heterocycles. The molecule has 0 aliphatic rings. The van der Waals surface area contributed by atoms with Crippen molar-refractivity contribution >= 4 is 28.4 Å². The molecular formula is C10H9N3OS. The number of thiocarbonyl (C=S) groups is 1. The van der Waals surface area contributed by atoms with E-state index in [0.29, 0.717) is 6.61 Å². The summed E-state index contributed by atoms with van der Waals surface area (Å²) in [6, 6.07) is 7.56. The average Bonchev–Trinajstić information content (AvgIpc) is 2.69. The van der Waals surface area contributed by atoms with E-state index in [9.17, 15) is 0 Å². The third kappa shape index (κ3) is 1.87. The van der Waals surface area contributed by atoms with Crippen LogP contribution < -0.4 is 0 Å². The lowest BCUT2D eigenvalue weighted by Gasteiger charge is -2.03. The lowest BCUT2D eigenvalue weighted by Crippen LogP contribution is -2.14. The summed E-state index contributed by atoms with van der Waals surface area (Å²) in [5.74, 6) is 0. The van der Waals surface area contributed by atoms with Crippen LogP contribution in [0.1, 0.15) is 0 Å². The van der Waals surface area contributed by atoms with Gasteiger partial charge in [0.1, 0.15) is 12.1 Å². The lowest BCUT2D eigenvalue weighted by molar-refractivity contribution is 0.341. The van der Waals surface area contributed by atoms with Crippen LogP contribution in [-0.4, -0.2) is 26.8 Å². The Labute approximate surface area is 92.2 Å². The van der Waals surface area contributed by atoms with Crippen LogP contribution in [0.3, 0.4) is 0 Å². The van der Waals surface area contributed by atoms with Crippen LogP contribution in [-0.2, 0) is 4.74 Å². The Hall–Kier alpha value is -1.75. The van der Waals surface area contributed by atoms with Gasteiger partial charge in [0.05, 0.1) is 5.52 Å². The van der Waals surface area contributed by atoms with Crippen molar-refractivity contribution in [3.63, 3.8) is 0 Å². The second kappa shape index (κ2) is 4.18. The third-order valence-corrected chi connectivity index (χ3v) is 2.14. The van der Waals surface area contributed by atoms with Gasteiger partial charge in [-0.3, -0.25) is 0 Å². The Morgan fingerprint density at radius 1 is 1.53 bits per heavy atom. The van der Waals surface area contributed by atoms with E-state index in [1.54, 1.807) is 6.08 Å². The molecule has 0 atom stereocenters. The molecule has 0 fully saturated rings. The fraction of sp³-hybridized carbons (Fsp3) is 0.100. The number of rotatable bonds is 2. The lowest BCUT2D eigenvalue weighted by atomic mass is 10.3. The van der Waals surface area contributed by atoms with Crippen LogP contribution in [0, 0.1) is 0 Å². The number of hydrogen-bond acceptors (Lipinski definition) is 4. The Morgan fingerprint density at radius 3 is 3.13 bits per heavy atom. The van der Waals surface area contributed by atoms with Gasteiger partial charge in [0.25, 0.3) is 5.17 Å². The predicted octanol–water partition coefficient (Wildman–Crippen LogP) is 1.77. The van der Waals surface area contributed by atoms with Crippen LogP contribution in [0.25, 0.3) is 11.0 Å². The number of fused-ring (bicyclic) bond motifs is 1. The molecule has 2 rings (SSSR count). The van der Waals surface area contributed by atoms with Crippen LogP contribution in [0.4, 0.5) is 0 Å². The van der Waals surface area contributed by atoms with E-state index in [1.165, 1.54) is 4.68 Å². The van der Waals surface area contributed by atoms with Gasteiger partial charge in [-0.15, -0.1) is 5.10 Å². The van der Waals surface area contributed by atoms with Gasteiger partial charge in [-0.25, -0.2) is 0 Å². The first-order valence-electron chi connectivity index (χ1n) is 4.41. The van der Waals surface area contributed by atoms with E-state index < -0.39 is 0 Å². The molecule has 76 valence electrons. The zero-order valence-electron chi connectivity index (χ0n) is 7.96. The number of ether oxygens (including phenoxy) is 1. The number of nitrogens with zero attached hydrogens (tertiary/aromatic N) is 3. The minimum Gasteiger partial charge on any atom is -0.465 e. The first-order chi connectivity index (χ1) is 7.33. The minimum atomic E-state index is 0.281. The Balaban J connectivity index is 2.35. The quantitative estimate of drug-likeness (QED) is 0.570. The van der Waals surface area contributed by atoms with E-state index in [1.807, 2.05) is 24.3 Å². The molecule has 0 saturated heterocycles. The molecule has 0 aliphatic carbocycles. The smallest absolute Gasteiger partial charge is 0.286 e. The largest absolute Gasteiger partial charge is 0.465 e. The molecule has 0 unspecified atom stereocenters. The molecule has 0 N–H and O–H groups in total. The Morgan fingerprint density at radius 2 is 2.33 bits per heavy atom. The van der Waals surface area contributed by atoms with Crippen molar-refractivity contribution in [3.8, 4) is 0 Å². The molecule has 0 spiro atoms. The zero-order valence-corrected chi connectivity index (χ0v) is 8.78. The summed E-state index contributed by atoms with van der Waals surface area (Å²) in [6.07, 6.45) is 1.63. The van der Waals surface area contributed by atoms with Gasteiger partial charge in [0.2, 0.25) is 0 Å². The molecule has 0 radical (unpaired) electrons. The molecule has 1 aromatic carbocycles. The van der Waals surface area contributed by atoms with Gasteiger partial charge in [-0.2, -0.15) is 4.68 Å². The molecule has 1 aromatic heterocycles. The minimum absolute atomic E-state index is 0.281. The Bertz CT molecular complexity index is 506. The third-order valence-electron chi connectivity index (χ3n) is 1.85. The second-order valence-electron chi connectivity index (χ2n) is 2.86. The van der Waals surface area contributed by atoms with Crippen molar-refractivity contribution in [3.05, 3.63) is 36.9 Å². The summed E-state index contributed by atoms with van der Waals surface area (Å²) in [5.41, 5.74) is 1.63. The number of para-hydroxylation sites is 1. The average molecular weight is 219 g/mol. The van der Waals surface area contributed by atoms with Crippen molar-refractivity contribution in [2.75, 3.05) is 6.61 Å². The molecule has 0 bridgehead atoms. The normalized spacial score (nSPS) is 10.1. The van der Waals surface area contributed by atoms with Crippen molar-refractivity contribution in [2.45, 2.75) is 0 Å². The molecule has 15 heavy (non-hydrogen) atoms. The second-order valence-corrected chi connectivity index (χ2v) is 3.20. The summed E-state index contributed by atoms with van der Waals surface area (Å²) in [7, 11) is 0. The zero-order chi connectivity index (χ0) is 10.7. The molecule has 0 saturated carbocycles. The van der Waals surface area contributed by atoms with Crippen LogP contribution in [0.15, 0.2) is 36.9 Å². The van der Waals surface area contributed by atoms with Crippen molar-refractivity contribution in [2.24, 2.45) is 0 Å². The standard InChI is InChI=1S/C10H9N3OS/c1-2-7-14-10(15)13-9-6-4-3-5-8(9)11-12-13/h2-6H,1,7H2. The topological polar surface area (TPSA) is 39.9 Å². The number of aromatic nitrogens is 3. The van der Waals surface area contributed by atoms with Crippen LogP contribution in [0.5, 0.6) is 0 Å². The van der Waals surface area contributed by atoms with Gasteiger partial charge >= 0.3 is 0 Å². The first-order valence-corrected chi connectivity index (χ1v) is 4.82. The maximum Gasteiger partial charge on any atom is 0.286 e. The summed E-state index contributed by atoms with van der Waals surface area (Å²) >= 11 is 5.06. The Kier molecular flexibility index (Phi) is 2.73. The molecule has 0 amide bonds. The first kappa shape index (κ1) is 9.79. The van der Waals surface area contributed by atoms with Crippen molar-refractivity contribution < 1.29 is 4.74 Å². The highest BCUT2D eigenvalue weighted by Crippen LogP contribution is 2.09. The van der Waals surface area contributed by atoms with Crippen molar-refractivity contribution in [1.82, 2.24) is 15.0 Å². The molecule has 4 nitrogen and oxygen atoms in total. The summed E-state index contributed by atoms with van der Waals surface area (Å²) < 4.78 is 6.71. The SMILES string of the molecule is C=CCOC(=S)n1nnc2ccccc21. The summed E-state index contributed by atoms with van der Waals surface area (Å²) in [6.45, 7) is 3.91. The van der Waals surface area contributed by atoms with Gasteiger partial charge < -0.3 is 4.74 Å². The van der Waals surface area contributed by atoms with Gasteiger partial charge in [-0.05, 0) is 24.4 Å². The maximum atomic E-state index is 5.22. The monoisotopic (exact) mass is 219 g/mol. The van der Waals surface area contributed by atoms with Gasteiger partial charge in [-0.1, -0.05) is 30.0 Å².